The summed E-state index contributed by atoms with van der Waals surface area (Å²) in [7, 11) is 1.66. The van der Waals surface area contributed by atoms with Gasteiger partial charge < -0.3 is 14.3 Å². The van der Waals surface area contributed by atoms with Crippen molar-refractivity contribution in [3.63, 3.8) is 0 Å². The summed E-state index contributed by atoms with van der Waals surface area (Å²) in [6.07, 6.45) is -4.55. The van der Waals surface area contributed by atoms with E-state index in [1.807, 2.05) is 55.5 Å². The molecule has 8 heteroatoms. The summed E-state index contributed by atoms with van der Waals surface area (Å²) in [5.41, 5.74) is 8.08. The Hall–Kier alpha value is -3.88. The van der Waals surface area contributed by atoms with E-state index < -0.39 is 23.3 Å². The number of aryl methyl sites for hydroxylation is 2. The van der Waals surface area contributed by atoms with Crippen LogP contribution in [0.25, 0.3) is 11.1 Å². The van der Waals surface area contributed by atoms with Crippen molar-refractivity contribution in [1.82, 2.24) is 4.90 Å². The van der Waals surface area contributed by atoms with Gasteiger partial charge in [-0.1, -0.05) is 54.6 Å². The highest BCUT2D eigenvalue weighted by molar-refractivity contribution is 5.81. The number of nitrogens with zero attached hydrogens (tertiary/aromatic N) is 1. The summed E-state index contributed by atoms with van der Waals surface area (Å²) >= 11 is 0. The number of methoxy groups -OCH3 is 1. The smallest absolute Gasteiger partial charge is 0.449 e. The van der Waals surface area contributed by atoms with Gasteiger partial charge >= 0.3 is 12.1 Å². The molecule has 0 unspecified atom stereocenters. The minimum absolute atomic E-state index is 0.191. The highest BCUT2D eigenvalue weighted by Gasteiger charge is 2.35. The fraction of sp³-hybridized carbons (Fsp3) is 0.343. The van der Waals surface area contributed by atoms with Crippen molar-refractivity contribution in [3.05, 3.63) is 117 Å². The predicted molar refractivity (Wildman–Crippen MR) is 161 cm³/mol. The topological polar surface area (TPSA) is 62.9 Å². The number of halogens is 3. The van der Waals surface area contributed by atoms with Gasteiger partial charge in [0.1, 0.15) is 5.76 Å². The van der Waals surface area contributed by atoms with Crippen LogP contribution in [0.1, 0.15) is 64.3 Å². The van der Waals surface area contributed by atoms with Gasteiger partial charge in [-0.15, -0.1) is 0 Å². The Morgan fingerprint density at radius 3 is 2.14 bits per heavy atom. The van der Waals surface area contributed by atoms with Crippen molar-refractivity contribution in [2.75, 3.05) is 7.11 Å². The highest BCUT2D eigenvalue weighted by Crippen LogP contribution is 2.32. The summed E-state index contributed by atoms with van der Waals surface area (Å²) in [4.78, 5) is 13.8. The van der Waals surface area contributed by atoms with Crippen LogP contribution in [0.4, 0.5) is 13.2 Å². The number of benzene rings is 3. The molecule has 0 fully saturated rings. The maximum Gasteiger partial charge on any atom is 0.449 e. The zero-order valence-corrected chi connectivity index (χ0v) is 25.4. The lowest BCUT2D eigenvalue weighted by Crippen LogP contribution is -2.28. The second-order valence-corrected chi connectivity index (χ2v) is 11.6. The first-order chi connectivity index (χ1) is 20.2. The Morgan fingerprint density at radius 2 is 1.53 bits per heavy atom. The molecule has 5 nitrogen and oxygen atoms in total. The van der Waals surface area contributed by atoms with Crippen molar-refractivity contribution in [1.29, 1.82) is 0 Å². The molecule has 3 aromatic carbocycles. The second kappa shape index (κ2) is 12.8. The SMILES string of the molecule is COCc1c(C)cc(C)c(CN(Cc2ccc(-c3cccc(C(C)(C)C(=O)O)c3)cc2)Cc2ccc(C(F)(F)F)o2)c1C. The molecule has 0 aliphatic rings. The molecule has 0 aliphatic carbocycles. The van der Waals surface area contributed by atoms with E-state index in [-0.39, 0.29) is 12.3 Å². The molecule has 4 aromatic rings. The van der Waals surface area contributed by atoms with Crippen LogP contribution < -0.4 is 0 Å². The number of hydrogen-bond donors (Lipinski definition) is 1. The van der Waals surface area contributed by atoms with Gasteiger partial charge in [-0.3, -0.25) is 9.69 Å². The fourth-order valence-corrected chi connectivity index (χ4v) is 5.38. The third-order valence-corrected chi connectivity index (χ3v) is 8.09. The molecule has 0 aliphatic heterocycles. The number of ether oxygens (including phenoxy) is 1. The van der Waals surface area contributed by atoms with E-state index in [2.05, 4.69) is 24.8 Å². The van der Waals surface area contributed by atoms with Crippen LogP contribution in [0.2, 0.25) is 0 Å². The van der Waals surface area contributed by atoms with Gasteiger partial charge in [0.25, 0.3) is 0 Å². The van der Waals surface area contributed by atoms with Gasteiger partial charge in [0.2, 0.25) is 5.76 Å². The molecule has 0 spiro atoms. The number of furan rings is 1. The Labute approximate surface area is 250 Å². The Balaban J connectivity index is 1.64. The van der Waals surface area contributed by atoms with Crippen molar-refractivity contribution in [2.45, 2.75) is 72.5 Å². The third-order valence-electron chi connectivity index (χ3n) is 8.09. The summed E-state index contributed by atoms with van der Waals surface area (Å²) < 4.78 is 50.4. The van der Waals surface area contributed by atoms with Gasteiger partial charge in [0.15, 0.2) is 0 Å². The highest BCUT2D eigenvalue weighted by atomic mass is 19.4. The quantitative estimate of drug-likeness (QED) is 0.189. The summed E-state index contributed by atoms with van der Waals surface area (Å²) in [5.74, 6) is -1.67. The van der Waals surface area contributed by atoms with Crippen molar-refractivity contribution in [3.8, 4) is 11.1 Å². The van der Waals surface area contributed by atoms with Crippen LogP contribution in [0.15, 0.2) is 71.1 Å². The predicted octanol–water partition coefficient (Wildman–Crippen LogP) is 8.60. The molecule has 0 amide bonds. The molecule has 228 valence electrons. The zero-order chi connectivity index (χ0) is 31.5. The monoisotopic (exact) mass is 593 g/mol. The van der Waals surface area contributed by atoms with E-state index in [9.17, 15) is 23.1 Å². The van der Waals surface area contributed by atoms with Gasteiger partial charge in [0.05, 0.1) is 18.6 Å². The van der Waals surface area contributed by atoms with Crippen molar-refractivity contribution >= 4 is 5.97 Å². The van der Waals surface area contributed by atoms with Crippen LogP contribution in [0.3, 0.4) is 0 Å². The van der Waals surface area contributed by atoms with Crippen LogP contribution in [0, 0.1) is 20.8 Å². The van der Waals surface area contributed by atoms with Gasteiger partial charge in [0, 0.05) is 20.2 Å². The van der Waals surface area contributed by atoms with E-state index in [0.29, 0.717) is 25.3 Å². The zero-order valence-electron chi connectivity index (χ0n) is 25.4. The lowest BCUT2D eigenvalue weighted by molar-refractivity contribution is -0.153. The molecule has 0 saturated carbocycles. The summed E-state index contributed by atoms with van der Waals surface area (Å²) in [6.45, 7) is 11.2. The van der Waals surface area contributed by atoms with Crippen molar-refractivity contribution in [2.24, 2.45) is 0 Å². The number of hydrogen-bond acceptors (Lipinski definition) is 4. The van der Waals surface area contributed by atoms with Crippen LogP contribution in [-0.4, -0.2) is 23.1 Å². The lowest BCUT2D eigenvalue weighted by Gasteiger charge is -2.25. The van der Waals surface area contributed by atoms with Crippen LogP contribution in [0.5, 0.6) is 0 Å². The molecule has 0 saturated heterocycles. The van der Waals surface area contributed by atoms with Crippen LogP contribution in [-0.2, 0) is 47.4 Å². The molecule has 1 heterocycles. The number of carbonyl (C=O) groups is 1. The molecule has 43 heavy (non-hydrogen) atoms. The molecule has 1 aromatic heterocycles. The lowest BCUT2D eigenvalue weighted by atomic mass is 9.83. The molecule has 0 radical (unpaired) electrons. The minimum atomic E-state index is -4.55. The van der Waals surface area contributed by atoms with Gasteiger partial charge in [-0.2, -0.15) is 13.2 Å². The van der Waals surface area contributed by atoms with Gasteiger partial charge in [-0.05, 0) is 96.8 Å². The largest absolute Gasteiger partial charge is 0.481 e. The molecule has 4 rings (SSSR count). The molecule has 1 N–H and O–H groups in total. The van der Waals surface area contributed by atoms with E-state index >= 15 is 0 Å². The van der Waals surface area contributed by atoms with Crippen LogP contribution >= 0.6 is 0 Å². The molecule has 0 bridgehead atoms. The average Bonchev–Trinajstić information content (AvgIpc) is 3.43. The first kappa shape index (κ1) is 32.0. The van der Waals surface area contributed by atoms with E-state index in [1.165, 1.54) is 6.07 Å². The first-order valence-corrected chi connectivity index (χ1v) is 14.1. The summed E-state index contributed by atoms with van der Waals surface area (Å²) in [6, 6.07) is 19.9. The maximum atomic E-state index is 13.3. The second-order valence-electron chi connectivity index (χ2n) is 11.6. The number of carboxylic acids is 1. The van der Waals surface area contributed by atoms with Gasteiger partial charge in [-0.25, -0.2) is 0 Å². The Bertz CT molecular complexity index is 1590. The molecular formula is C35H38F3NO4. The summed E-state index contributed by atoms with van der Waals surface area (Å²) in [5, 5.41) is 9.65. The minimum Gasteiger partial charge on any atom is -0.481 e. The number of carboxylic acid groups (broad SMARTS) is 1. The van der Waals surface area contributed by atoms with E-state index in [1.54, 1.807) is 21.0 Å². The fourth-order valence-electron chi connectivity index (χ4n) is 5.38. The maximum absolute atomic E-state index is 13.3. The average molecular weight is 594 g/mol. The Morgan fingerprint density at radius 1 is 0.860 bits per heavy atom. The standard InChI is InChI=1S/C35H38F3NO4/c1-22-16-23(2)31(21-42-6)24(3)30(22)20-39(19-29-14-15-32(43-29)35(36,37)38)18-25-10-12-26(13-11-25)27-8-7-9-28(17-27)34(4,5)33(40)41/h7-17H,18-21H2,1-6H3,(H,40,41). The van der Waals surface area contributed by atoms with Crippen molar-refractivity contribution < 1.29 is 32.2 Å². The number of rotatable bonds is 11. The first-order valence-electron chi connectivity index (χ1n) is 14.1. The molecular weight excluding hydrogens is 555 g/mol. The van der Waals surface area contributed by atoms with E-state index in [4.69, 9.17) is 9.15 Å². The molecule has 0 atom stereocenters. The Kier molecular flexibility index (Phi) is 9.52. The number of aliphatic carboxylic acids is 1. The normalized spacial score (nSPS) is 12.2. The third kappa shape index (κ3) is 7.37. The number of alkyl halides is 3. The van der Waals surface area contributed by atoms with E-state index in [0.717, 1.165) is 50.6 Å².